The third-order valence-corrected chi connectivity index (χ3v) is 3.86. The van der Waals surface area contributed by atoms with Gasteiger partial charge in [-0.05, 0) is 26.2 Å². The second-order valence-corrected chi connectivity index (χ2v) is 5.25. The minimum absolute atomic E-state index is 0.177. The lowest BCUT2D eigenvalue weighted by molar-refractivity contribution is -0.130. The Morgan fingerprint density at radius 3 is 2.88 bits per heavy atom. The standard InChI is InChI=1S/C12H19N3OS/c1-3-10-8-17-12(14-10)13-9(2)11(16)15-6-4-5-7-15/h8-9H,3-7H2,1-2H3,(H,13,14). The quantitative estimate of drug-likeness (QED) is 0.894. The molecular weight excluding hydrogens is 234 g/mol. The van der Waals surface area contributed by atoms with Crippen molar-refractivity contribution in [1.29, 1.82) is 0 Å². The summed E-state index contributed by atoms with van der Waals surface area (Å²) in [6.07, 6.45) is 3.21. The van der Waals surface area contributed by atoms with Crippen LogP contribution >= 0.6 is 11.3 Å². The molecule has 4 nitrogen and oxygen atoms in total. The minimum atomic E-state index is -0.177. The fourth-order valence-electron chi connectivity index (χ4n) is 1.99. The molecule has 1 aromatic heterocycles. The minimum Gasteiger partial charge on any atom is -0.350 e. The molecule has 17 heavy (non-hydrogen) atoms. The molecule has 1 amide bonds. The van der Waals surface area contributed by atoms with Gasteiger partial charge in [0, 0.05) is 18.5 Å². The molecule has 1 aliphatic heterocycles. The molecule has 2 rings (SSSR count). The van der Waals surface area contributed by atoms with E-state index in [4.69, 9.17) is 0 Å². The number of nitrogens with one attached hydrogen (secondary N) is 1. The first-order valence-corrected chi connectivity index (χ1v) is 7.08. The highest BCUT2D eigenvalue weighted by molar-refractivity contribution is 7.13. The average Bonchev–Trinajstić information content (AvgIpc) is 2.98. The highest BCUT2D eigenvalue weighted by atomic mass is 32.1. The first-order valence-electron chi connectivity index (χ1n) is 6.20. The van der Waals surface area contributed by atoms with Crippen LogP contribution in [0.25, 0.3) is 0 Å². The molecule has 1 saturated heterocycles. The van der Waals surface area contributed by atoms with Crippen LogP contribution in [0.1, 0.15) is 32.4 Å². The maximum Gasteiger partial charge on any atom is 0.244 e. The van der Waals surface area contributed by atoms with Crippen molar-refractivity contribution in [2.24, 2.45) is 0 Å². The van der Waals surface area contributed by atoms with Gasteiger partial charge in [0.2, 0.25) is 5.91 Å². The number of hydrogen-bond acceptors (Lipinski definition) is 4. The van der Waals surface area contributed by atoms with Gasteiger partial charge in [-0.15, -0.1) is 11.3 Å². The Morgan fingerprint density at radius 2 is 2.29 bits per heavy atom. The molecule has 0 radical (unpaired) electrons. The zero-order valence-electron chi connectivity index (χ0n) is 10.4. The van der Waals surface area contributed by atoms with Gasteiger partial charge in [-0.1, -0.05) is 6.92 Å². The molecule has 0 aliphatic carbocycles. The molecule has 1 unspecified atom stereocenters. The number of amides is 1. The molecule has 1 N–H and O–H groups in total. The molecule has 0 bridgehead atoms. The van der Waals surface area contributed by atoms with E-state index in [9.17, 15) is 4.79 Å². The average molecular weight is 253 g/mol. The van der Waals surface area contributed by atoms with Gasteiger partial charge in [-0.3, -0.25) is 4.79 Å². The lowest BCUT2D eigenvalue weighted by Crippen LogP contribution is -2.39. The number of nitrogens with zero attached hydrogens (tertiary/aromatic N) is 2. The Kier molecular flexibility index (Phi) is 3.99. The summed E-state index contributed by atoms with van der Waals surface area (Å²) in [6.45, 7) is 5.80. The van der Waals surface area contributed by atoms with Gasteiger partial charge in [-0.2, -0.15) is 0 Å². The lowest BCUT2D eigenvalue weighted by Gasteiger charge is -2.20. The van der Waals surface area contributed by atoms with E-state index in [0.29, 0.717) is 0 Å². The molecule has 1 aromatic rings. The smallest absolute Gasteiger partial charge is 0.244 e. The maximum atomic E-state index is 12.1. The second-order valence-electron chi connectivity index (χ2n) is 4.40. The first kappa shape index (κ1) is 12.4. The Hall–Kier alpha value is -1.10. The van der Waals surface area contributed by atoms with E-state index in [0.717, 1.165) is 43.2 Å². The predicted octanol–water partition coefficient (Wildman–Crippen LogP) is 2.13. The van der Waals surface area contributed by atoms with Crippen LogP contribution in [0.3, 0.4) is 0 Å². The number of likely N-dealkylation sites (tertiary alicyclic amines) is 1. The van der Waals surface area contributed by atoms with E-state index >= 15 is 0 Å². The van der Waals surface area contributed by atoms with Gasteiger partial charge in [0.25, 0.3) is 0 Å². The summed E-state index contributed by atoms with van der Waals surface area (Å²) >= 11 is 1.57. The summed E-state index contributed by atoms with van der Waals surface area (Å²) in [5, 5.41) is 6.08. The van der Waals surface area contributed by atoms with Crippen LogP contribution in [0.15, 0.2) is 5.38 Å². The van der Waals surface area contributed by atoms with Crippen molar-refractivity contribution < 1.29 is 4.79 Å². The van der Waals surface area contributed by atoms with Gasteiger partial charge < -0.3 is 10.2 Å². The molecule has 5 heteroatoms. The molecule has 1 aliphatic rings. The number of anilines is 1. The van der Waals surface area contributed by atoms with Crippen molar-refractivity contribution in [2.75, 3.05) is 18.4 Å². The van der Waals surface area contributed by atoms with Crippen molar-refractivity contribution >= 4 is 22.4 Å². The molecule has 94 valence electrons. The fraction of sp³-hybridized carbons (Fsp3) is 0.667. The maximum absolute atomic E-state index is 12.1. The molecule has 1 atom stereocenters. The monoisotopic (exact) mass is 253 g/mol. The number of carbonyl (C=O) groups excluding carboxylic acids is 1. The summed E-state index contributed by atoms with van der Waals surface area (Å²) in [5.74, 6) is 0.191. The van der Waals surface area contributed by atoms with E-state index in [1.54, 1.807) is 11.3 Å². The third kappa shape index (κ3) is 2.97. The van der Waals surface area contributed by atoms with E-state index in [2.05, 4.69) is 17.2 Å². The Labute approximate surface area is 106 Å². The van der Waals surface area contributed by atoms with E-state index in [1.807, 2.05) is 17.2 Å². The highest BCUT2D eigenvalue weighted by Crippen LogP contribution is 2.18. The van der Waals surface area contributed by atoms with Crippen LogP contribution in [0.4, 0.5) is 5.13 Å². The second kappa shape index (κ2) is 5.49. The molecule has 0 aromatic carbocycles. The van der Waals surface area contributed by atoms with E-state index in [-0.39, 0.29) is 11.9 Å². The van der Waals surface area contributed by atoms with Crippen molar-refractivity contribution in [3.8, 4) is 0 Å². The van der Waals surface area contributed by atoms with Crippen LogP contribution in [0.2, 0.25) is 0 Å². The van der Waals surface area contributed by atoms with E-state index in [1.165, 1.54) is 0 Å². The number of rotatable bonds is 4. The Morgan fingerprint density at radius 1 is 1.59 bits per heavy atom. The molecule has 0 spiro atoms. The van der Waals surface area contributed by atoms with Gasteiger partial charge >= 0.3 is 0 Å². The lowest BCUT2D eigenvalue weighted by atomic mass is 10.3. The van der Waals surface area contributed by atoms with Crippen LogP contribution in [-0.4, -0.2) is 34.9 Å². The van der Waals surface area contributed by atoms with Crippen LogP contribution in [0.5, 0.6) is 0 Å². The largest absolute Gasteiger partial charge is 0.350 e. The summed E-state index contributed by atoms with van der Waals surface area (Å²) in [7, 11) is 0. The van der Waals surface area contributed by atoms with Crippen LogP contribution < -0.4 is 5.32 Å². The summed E-state index contributed by atoms with van der Waals surface area (Å²) in [4.78, 5) is 18.4. The fourth-order valence-corrected chi connectivity index (χ4v) is 2.88. The summed E-state index contributed by atoms with van der Waals surface area (Å²) in [6, 6.07) is -0.177. The highest BCUT2D eigenvalue weighted by Gasteiger charge is 2.23. The van der Waals surface area contributed by atoms with Crippen LogP contribution in [0, 0.1) is 0 Å². The number of aryl methyl sites for hydroxylation is 1. The van der Waals surface area contributed by atoms with E-state index < -0.39 is 0 Å². The molecule has 0 saturated carbocycles. The van der Waals surface area contributed by atoms with Crippen LogP contribution in [-0.2, 0) is 11.2 Å². The van der Waals surface area contributed by atoms with Gasteiger partial charge in [0.05, 0.1) is 5.69 Å². The van der Waals surface area contributed by atoms with Crippen molar-refractivity contribution in [2.45, 2.75) is 39.2 Å². The van der Waals surface area contributed by atoms with Crippen molar-refractivity contribution in [1.82, 2.24) is 9.88 Å². The third-order valence-electron chi connectivity index (χ3n) is 3.04. The Balaban J connectivity index is 1.91. The number of hydrogen-bond donors (Lipinski definition) is 1. The van der Waals surface area contributed by atoms with Gasteiger partial charge in [0.1, 0.15) is 6.04 Å². The first-order chi connectivity index (χ1) is 8.20. The molecule has 2 heterocycles. The SMILES string of the molecule is CCc1csc(NC(C)C(=O)N2CCCC2)n1. The zero-order valence-corrected chi connectivity index (χ0v) is 11.2. The van der Waals surface area contributed by atoms with Gasteiger partial charge in [-0.25, -0.2) is 4.98 Å². The zero-order chi connectivity index (χ0) is 12.3. The Bertz CT molecular complexity index is 385. The van der Waals surface area contributed by atoms with Crippen molar-refractivity contribution in [3.05, 3.63) is 11.1 Å². The summed E-state index contributed by atoms with van der Waals surface area (Å²) in [5.41, 5.74) is 1.08. The topological polar surface area (TPSA) is 45.2 Å². The van der Waals surface area contributed by atoms with Crippen molar-refractivity contribution in [3.63, 3.8) is 0 Å². The predicted molar refractivity (Wildman–Crippen MR) is 70.4 cm³/mol. The number of aromatic nitrogens is 1. The molecule has 1 fully saturated rings. The number of thiazole rings is 1. The normalized spacial score (nSPS) is 17.2. The van der Waals surface area contributed by atoms with Gasteiger partial charge in [0.15, 0.2) is 5.13 Å². The summed E-state index contributed by atoms with van der Waals surface area (Å²) < 4.78 is 0. The number of carbonyl (C=O) groups is 1. The molecular formula is C12H19N3OS.